The number of nitrogens with one attached hydrogen (secondary N) is 1. The van der Waals surface area contributed by atoms with Crippen LogP contribution in [0.3, 0.4) is 0 Å². The van der Waals surface area contributed by atoms with Crippen molar-refractivity contribution >= 4 is 17.7 Å². The number of nitrogens with zero attached hydrogens (tertiary/aromatic N) is 3. The molecule has 1 amide bonds. The minimum absolute atomic E-state index is 0.119. The van der Waals surface area contributed by atoms with Crippen molar-refractivity contribution in [2.45, 2.75) is 25.0 Å². The van der Waals surface area contributed by atoms with Crippen LogP contribution in [0.5, 0.6) is 0 Å². The first-order valence-corrected chi connectivity index (χ1v) is 9.17. The monoisotopic (exact) mass is 370 g/mol. The Hall–Kier alpha value is -2.67. The van der Waals surface area contributed by atoms with Crippen molar-refractivity contribution < 1.29 is 9.18 Å². The van der Waals surface area contributed by atoms with Gasteiger partial charge in [-0.25, -0.2) is 4.39 Å². The maximum atomic E-state index is 13.0. The van der Waals surface area contributed by atoms with Crippen molar-refractivity contribution in [3.8, 4) is 5.69 Å². The number of thioether (sulfide) groups is 1. The molecule has 0 bridgehead atoms. The van der Waals surface area contributed by atoms with E-state index in [0.29, 0.717) is 5.16 Å². The average Bonchev–Trinajstić information content (AvgIpc) is 3.09. The Morgan fingerprint density at radius 3 is 2.69 bits per heavy atom. The van der Waals surface area contributed by atoms with Gasteiger partial charge in [0.1, 0.15) is 12.1 Å². The molecule has 134 valence electrons. The Balaban J connectivity index is 1.61. The quantitative estimate of drug-likeness (QED) is 0.673. The van der Waals surface area contributed by atoms with Crippen LogP contribution in [0, 0.1) is 12.7 Å². The molecule has 7 heteroatoms. The SMILES string of the molecule is Cc1ccccc1-n1cnnc1SCC(=O)N[C@@H](C)c1ccc(F)cc1. The van der Waals surface area contributed by atoms with Gasteiger partial charge in [0.2, 0.25) is 5.91 Å². The molecule has 0 aliphatic heterocycles. The fourth-order valence-electron chi connectivity index (χ4n) is 2.57. The number of carbonyl (C=O) groups excluding carboxylic acids is 1. The lowest BCUT2D eigenvalue weighted by atomic mass is 10.1. The van der Waals surface area contributed by atoms with Gasteiger partial charge in [-0.2, -0.15) is 0 Å². The highest BCUT2D eigenvalue weighted by molar-refractivity contribution is 7.99. The predicted octanol–water partition coefficient (Wildman–Crippen LogP) is 3.68. The van der Waals surface area contributed by atoms with Crippen molar-refractivity contribution in [2.24, 2.45) is 0 Å². The molecule has 1 aromatic heterocycles. The van der Waals surface area contributed by atoms with Crippen LogP contribution in [-0.4, -0.2) is 26.4 Å². The second-order valence-electron chi connectivity index (χ2n) is 5.90. The van der Waals surface area contributed by atoms with Crippen molar-refractivity contribution in [1.29, 1.82) is 0 Å². The average molecular weight is 370 g/mol. The smallest absolute Gasteiger partial charge is 0.230 e. The topological polar surface area (TPSA) is 59.8 Å². The van der Waals surface area contributed by atoms with E-state index in [2.05, 4.69) is 15.5 Å². The van der Waals surface area contributed by atoms with E-state index in [1.165, 1.54) is 23.9 Å². The van der Waals surface area contributed by atoms with E-state index in [1.807, 2.05) is 42.7 Å². The van der Waals surface area contributed by atoms with Crippen LogP contribution in [-0.2, 0) is 4.79 Å². The van der Waals surface area contributed by atoms with Gasteiger partial charge in [0, 0.05) is 0 Å². The first-order chi connectivity index (χ1) is 12.5. The number of hydrogen-bond donors (Lipinski definition) is 1. The molecule has 2 aromatic carbocycles. The highest BCUT2D eigenvalue weighted by atomic mass is 32.2. The van der Waals surface area contributed by atoms with Gasteiger partial charge < -0.3 is 5.32 Å². The predicted molar refractivity (Wildman–Crippen MR) is 99.8 cm³/mol. The summed E-state index contributed by atoms with van der Waals surface area (Å²) in [5.74, 6) is -0.194. The van der Waals surface area contributed by atoms with Gasteiger partial charge in [0.25, 0.3) is 0 Å². The van der Waals surface area contributed by atoms with Gasteiger partial charge in [0.15, 0.2) is 5.16 Å². The molecule has 1 N–H and O–H groups in total. The minimum atomic E-state index is -0.293. The Labute approximate surface area is 155 Å². The highest BCUT2D eigenvalue weighted by Gasteiger charge is 2.13. The lowest BCUT2D eigenvalue weighted by molar-refractivity contribution is -0.119. The number of para-hydroxylation sites is 1. The molecule has 3 aromatic rings. The summed E-state index contributed by atoms with van der Waals surface area (Å²) in [4.78, 5) is 12.2. The van der Waals surface area contributed by atoms with E-state index in [9.17, 15) is 9.18 Å². The molecule has 3 rings (SSSR count). The molecule has 0 saturated carbocycles. The van der Waals surface area contributed by atoms with E-state index in [-0.39, 0.29) is 23.5 Å². The maximum Gasteiger partial charge on any atom is 0.230 e. The third-order valence-electron chi connectivity index (χ3n) is 3.97. The van der Waals surface area contributed by atoms with Crippen LogP contribution in [0.1, 0.15) is 24.1 Å². The van der Waals surface area contributed by atoms with Crippen molar-refractivity contribution in [1.82, 2.24) is 20.1 Å². The summed E-state index contributed by atoms with van der Waals surface area (Å²) in [6.07, 6.45) is 1.64. The Kier molecular flexibility index (Phi) is 5.68. The molecule has 0 spiro atoms. The zero-order valence-electron chi connectivity index (χ0n) is 14.5. The van der Waals surface area contributed by atoms with E-state index >= 15 is 0 Å². The number of hydrogen-bond acceptors (Lipinski definition) is 4. The number of halogens is 1. The fourth-order valence-corrected chi connectivity index (χ4v) is 3.30. The standard InChI is InChI=1S/C19H19FN4OS/c1-13-5-3-4-6-17(13)24-12-21-23-19(24)26-11-18(25)22-14(2)15-7-9-16(20)10-8-15/h3-10,12,14H,11H2,1-2H3,(H,22,25)/t14-/m0/s1. The third kappa shape index (κ3) is 4.29. The molecular formula is C19H19FN4OS. The molecule has 1 heterocycles. The molecule has 0 radical (unpaired) electrons. The molecule has 26 heavy (non-hydrogen) atoms. The molecule has 0 fully saturated rings. The van der Waals surface area contributed by atoms with Crippen molar-refractivity contribution in [3.05, 3.63) is 71.8 Å². The Bertz CT molecular complexity index is 895. The molecule has 0 unspecified atom stereocenters. The molecule has 0 aliphatic carbocycles. The van der Waals surface area contributed by atoms with Crippen LogP contribution >= 0.6 is 11.8 Å². The summed E-state index contributed by atoms with van der Waals surface area (Å²) in [5.41, 5.74) is 2.94. The zero-order chi connectivity index (χ0) is 18.5. The van der Waals surface area contributed by atoms with Gasteiger partial charge in [0.05, 0.1) is 17.5 Å². The first-order valence-electron chi connectivity index (χ1n) is 8.18. The lowest BCUT2D eigenvalue weighted by Crippen LogP contribution is -2.28. The van der Waals surface area contributed by atoms with Crippen molar-refractivity contribution in [2.75, 3.05) is 5.75 Å². The second kappa shape index (κ2) is 8.14. The number of aromatic nitrogens is 3. The second-order valence-corrected chi connectivity index (χ2v) is 6.84. The molecule has 1 atom stereocenters. The van der Waals surface area contributed by atoms with Crippen molar-refractivity contribution in [3.63, 3.8) is 0 Å². The van der Waals surface area contributed by atoms with Crippen LogP contribution in [0.25, 0.3) is 5.69 Å². The third-order valence-corrected chi connectivity index (χ3v) is 4.91. The van der Waals surface area contributed by atoms with Gasteiger partial charge in [-0.3, -0.25) is 9.36 Å². The molecular weight excluding hydrogens is 351 g/mol. The summed E-state index contributed by atoms with van der Waals surface area (Å²) in [6, 6.07) is 13.8. The number of aryl methyl sites for hydroxylation is 1. The molecule has 0 aliphatic rings. The van der Waals surface area contributed by atoms with Gasteiger partial charge in [-0.15, -0.1) is 10.2 Å². The normalized spacial score (nSPS) is 12.0. The van der Waals surface area contributed by atoms with Crippen LogP contribution < -0.4 is 5.32 Å². The number of amides is 1. The van der Waals surface area contributed by atoms with Crippen LogP contribution in [0.4, 0.5) is 4.39 Å². The summed E-state index contributed by atoms with van der Waals surface area (Å²) >= 11 is 1.32. The zero-order valence-corrected chi connectivity index (χ0v) is 15.3. The summed E-state index contributed by atoms with van der Waals surface area (Å²) in [5, 5.41) is 11.6. The van der Waals surface area contributed by atoms with Gasteiger partial charge in [-0.1, -0.05) is 42.1 Å². The Morgan fingerprint density at radius 1 is 1.23 bits per heavy atom. The maximum absolute atomic E-state index is 13.0. The largest absolute Gasteiger partial charge is 0.349 e. The van der Waals surface area contributed by atoms with Crippen LogP contribution in [0.15, 0.2) is 60.0 Å². The minimum Gasteiger partial charge on any atom is -0.349 e. The summed E-state index contributed by atoms with van der Waals surface area (Å²) in [7, 11) is 0. The lowest BCUT2D eigenvalue weighted by Gasteiger charge is -2.14. The molecule has 5 nitrogen and oxygen atoms in total. The highest BCUT2D eigenvalue weighted by Crippen LogP contribution is 2.22. The van der Waals surface area contributed by atoms with E-state index in [0.717, 1.165) is 16.8 Å². The Morgan fingerprint density at radius 2 is 1.96 bits per heavy atom. The number of rotatable bonds is 6. The first kappa shape index (κ1) is 18.1. The fraction of sp³-hybridized carbons (Fsp3) is 0.211. The van der Waals surface area contributed by atoms with E-state index < -0.39 is 0 Å². The summed E-state index contributed by atoms with van der Waals surface area (Å²) in [6.45, 7) is 3.88. The van der Waals surface area contributed by atoms with Gasteiger partial charge in [-0.05, 0) is 43.2 Å². The number of benzene rings is 2. The number of carbonyl (C=O) groups is 1. The summed E-state index contributed by atoms with van der Waals surface area (Å²) < 4.78 is 14.9. The van der Waals surface area contributed by atoms with Gasteiger partial charge >= 0.3 is 0 Å². The van der Waals surface area contributed by atoms with Crippen LogP contribution in [0.2, 0.25) is 0 Å². The van der Waals surface area contributed by atoms with E-state index in [1.54, 1.807) is 18.5 Å². The van der Waals surface area contributed by atoms with E-state index in [4.69, 9.17) is 0 Å². The molecule has 0 saturated heterocycles.